The van der Waals surface area contributed by atoms with Crippen LogP contribution in [-0.2, 0) is 14.3 Å². The van der Waals surface area contributed by atoms with E-state index in [0.29, 0.717) is 28.3 Å². The van der Waals surface area contributed by atoms with E-state index in [4.69, 9.17) is 21.1 Å². The van der Waals surface area contributed by atoms with Gasteiger partial charge in [-0.05, 0) is 48.8 Å². The molecule has 1 aromatic carbocycles. The van der Waals surface area contributed by atoms with Crippen LogP contribution in [0.25, 0.3) is 0 Å². The molecule has 0 saturated heterocycles. The molecule has 1 aromatic rings. The van der Waals surface area contributed by atoms with Crippen molar-refractivity contribution in [2.24, 2.45) is 17.8 Å². The van der Waals surface area contributed by atoms with Gasteiger partial charge >= 0.3 is 11.9 Å². The van der Waals surface area contributed by atoms with Gasteiger partial charge in [-0.2, -0.15) is 0 Å². The Labute approximate surface area is 148 Å². The summed E-state index contributed by atoms with van der Waals surface area (Å²) < 4.78 is 10.6. The average molecular weight is 353 g/mol. The van der Waals surface area contributed by atoms with Crippen molar-refractivity contribution in [2.45, 2.75) is 46.1 Å². The van der Waals surface area contributed by atoms with E-state index in [-0.39, 0.29) is 12.7 Å². The Morgan fingerprint density at radius 2 is 2.04 bits per heavy atom. The molecule has 5 heteroatoms. The van der Waals surface area contributed by atoms with E-state index in [0.717, 1.165) is 12.8 Å². The lowest BCUT2D eigenvalue weighted by molar-refractivity contribution is -0.159. The predicted molar refractivity (Wildman–Crippen MR) is 93.0 cm³/mol. The SMILES string of the molecule is CC1CCC(C(C)C)C(OC(=O)COC(=O)c2cccc(Cl)c2)C1. The lowest BCUT2D eigenvalue weighted by Gasteiger charge is -2.36. The fraction of sp³-hybridized carbons (Fsp3) is 0.579. The van der Waals surface area contributed by atoms with Crippen LogP contribution in [0.15, 0.2) is 24.3 Å². The maximum Gasteiger partial charge on any atom is 0.344 e. The first-order valence-corrected chi connectivity index (χ1v) is 8.86. The van der Waals surface area contributed by atoms with Gasteiger partial charge in [0, 0.05) is 5.02 Å². The molecular weight excluding hydrogens is 328 g/mol. The summed E-state index contributed by atoms with van der Waals surface area (Å²) in [6.07, 6.45) is 3.02. The normalized spacial score (nSPS) is 23.8. The molecule has 0 bridgehead atoms. The molecule has 1 saturated carbocycles. The molecule has 3 atom stereocenters. The van der Waals surface area contributed by atoms with Crippen LogP contribution in [0.5, 0.6) is 0 Å². The average Bonchev–Trinajstić information content (AvgIpc) is 2.52. The van der Waals surface area contributed by atoms with Crippen LogP contribution < -0.4 is 0 Å². The van der Waals surface area contributed by atoms with Gasteiger partial charge in [-0.15, -0.1) is 0 Å². The van der Waals surface area contributed by atoms with Crippen molar-refractivity contribution in [3.05, 3.63) is 34.9 Å². The minimum Gasteiger partial charge on any atom is -0.460 e. The number of carbonyl (C=O) groups is 2. The van der Waals surface area contributed by atoms with Gasteiger partial charge in [-0.3, -0.25) is 0 Å². The first-order valence-electron chi connectivity index (χ1n) is 8.49. The molecule has 3 unspecified atom stereocenters. The summed E-state index contributed by atoms with van der Waals surface area (Å²) in [6.45, 7) is 6.11. The van der Waals surface area contributed by atoms with Gasteiger partial charge in [-0.25, -0.2) is 9.59 Å². The van der Waals surface area contributed by atoms with Gasteiger partial charge in [0.15, 0.2) is 6.61 Å². The fourth-order valence-corrected chi connectivity index (χ4v) is 3.47. The van der Waals surface area contributed by atoms with E-state index in [1.165, 1.54) is 12.5 Å². The molecule has 0 aliphatic heterocycles. The number of ether oxygens (including phenoxy) is 2. The Morgan fingerprint density at radius 1 is 1.29 bits per heavy atom. The van der Waals surface area contributed by atoms with E-state index in [9.17, 15) is 9.59 Å². The van der Waals surface area contributed by atoms with E-state index in [2.05, 4.69) is 20.8 Å². The fourth-order valence-electron chi connectivity index (χ4n) is 3.28. The largest absolute Gasteiger partial charge is 0.460 e. The minimum atomic E-state index is -0.577. The van der Waals surface area contributed by atoms with Crippen LogP contribution in [0.4, 0.5) is 0 Å². The zero-order valence-electron chi connectivity index (χ0n) is 14.5. The van der Waals surface area contributed by atoms with E-state index in [1.54, 1.807) is 18.2 Å². The summed E-state index contributed by atoms with van der Waals surface area (Å²) in [6, 6.07) is 6.43. The maximum atomic E-state index is 12.1. The summed E-state index contributed by atoms with van der Waals surface area (Å²) >= 11 is 5.84. The highest BCUT2D eigenvalue weighted by atomic mass is 35.5. The standard InChI is InChI=1S/C19H25ClO4/c1-12(2)16-8-7-13(3)9-17(16)24-18(21)11-23-19(22)14-5-4-6-15(20)10-14/h4-6,10,12-13,16-17H,7-9,11H2,1-3H3. The number of hydrogen-bond donors (Lipinski definition) is 0. The molecular formula is C19H25ClO4. The monoisotopic (exact) mass is 352 g/mol. The Kier molecular flexibility index (Phi) is 6.67. The molecule has 0 heterocycles. The zero-order valence-corrected chi connectivity index (χ0v) is 15.2. The molecule has 0 spiro atoms. The van der Waals surface area contributed by atoms with Gasteiger partial charge in [0.2, 0.25) is 0 Å². The Bertz CT molecular complexity index is 584. The van der Waals surface area contributed by atoms with Crippen molar-refractivity contribution >= 4 is 23.5 Å². The quantitative estimate of drug-likeness (QED) is 0.732. The van der Waals surface area contributed by atoms with Gasteiger partial charge in [0.25, 0.3) is 0 Å². The van der Waals surface area contributed by atoms with Crippen molar-refractivity contribution in [1.29, 1.82) is 0 Å². The van der Waals surface area contributed by atoms with Gasteiger partial charge < -0.3 is 9.47 Å². The molecule has 0 amide bonds. The third-order valence-electron chi connectivity index (χ3n) is 4.63. The third-order valence-corrected chi connectivity index (χ3v) is 4.86. The van der Waals surface area contributed by atoms with Crippen LogP contribution >= 0.6 is 11.6 Å². The Balaban J connectivity index is 1.86. The number of carbonyl (C=O) groups excluding carboxylic acids is 2. The van der Waals surface area contributed by atoms with Gasteiger partial charge in [0.1, 0.15) is 6.10 Å². The molecule has 1 aliphatic carbocycles. The lowest BCUT2D eigenvalue weighted by Crippen LogP contribution is -2.36. The highest BCUT2D eigenvalue weighted by Crippen LogP contribution is 2.35. The maximum absolute atomic E-state index is 12.1. The molecule has 0 radical (unpaired) electrons. The number of hydrogen-bond acceptors (Lipinski definition) is 4. The van der Waals surface area contributed by atoms with Crippen LogP contribution in [0, 0.1) is 17.8 Å². The van der Waals surface area contributed by atoms with Crippen LogP contribution in [-0.4, -0.2) is 24.6 Å². The first kappa shape index (κ1) is 18.8. The first-order chi connectivity index (χ1) is 11.4. The summed E-state index contributed by atoms with van der Waals surface area (Å²) in [4.78, 5) is 24.0. The van der Waals surface area contributed by atoms with E-state index in [1.807, 2.05) is 0 Å². The highest BCUT2D eigenvalue weighted by molar-refractivity contribution is 6.30. The predicted octanol–water partition coefficient (Wildman–Crippen LogP) is 4.50. The Hall–Kier alpha value is -1.55. The van der Waals surface area contributed by atoms with Crippen molar-refractivity contribution in [3.8, 4) is 0 Å². The summed E-state index contributed by atoms with van der Waals surface area (Å²) in [5.41, 5.74) is 0.321. The second-order valence-corrected chi connectivity index (χ2v) is 7.38. The van der Waals surface area contributed by atoms with E-state index >= 15 is 0 Å². The summed E-state index contributed by atoms with van der Waals surface area (Å²) in [5.74, 6) is 0.312. The molecule has 1 aliphatic rings. The number of benzene rings is 1. The molecule has 24 heavy (non-hydrogen) atoms. The Morgan fingerprint density at radius 3 is 2.71 bits per heavy atom. The number of esters is 2. The smallest absolute Gasteiger partial charge is 0.344 e. The van der Waals surface area contributed by atoms with Crippen LogP contribution in [0.1, 0.15) is 50.4 Å². The molecule has 4 nitrogen and oxygen atoms in total. The van der Waals surface area contributed by atoms with Crippen LogP contribution in [0.2, 0.25) is 5.02 Å². The summed E-state index contributed by atoms with van der Waals surface area (Å²) in [5, 5.41) is 0.447. The topological polar surface area (TPSA) is 52.6 Å². The van der Waals surface area contributed by atoms with Crippen LogP contribution in [0.3, 0.4) is 0 Å². The van der Waals surface area contributed by atoms with Crippen molar-refractivity contribution in [3.63, 3.8) is 0 Å². The second-order valence-electron chi connectivity index (χ2n) is 6.94. The van der Waals surface area contributed by atoms with Crippen molar-refractivity contribution in [2.75, 3.05) is 6.61 Å². The lowest BCUT2D eigenvalue weighted by atomic mass is 9.75. The number of halogens is 1. The number of rotatable bonds is 5. The van der Waals surface area contributed by atoms with Gasteiger partial charge in [0.05, 0.1) is 5.56 Å². The molecule has 2 rings (SSSR count). The molecule has 1 fully saturated rings. The molecule has 0 aromatic heterocycles. The molecule has 0 N–H and O–H groups in total. The molecule has 132 valence electrons. The van der Waals surface area contributed by atoms with E-state index < -0.39 is 11.9 Å². The van der Waals surface area contributed by atoms with Crippen molar-refractivity contribution in [1.82, 2.24) is 0 Å². The minimum absolute atomic E-state index is 0.0916. The third kappa shape index (κ3) is 5.23. The highest BCUT2D eigenvalue weighted by Gasteiger charge is 2.33. The van der Waals surface area contributed by atoms with Gasteiger partial charge in [-0.1, -0.05) is 44.9 Å². The van der Waals surface area contributed by atoms with Crippen molar-refractivity contribution < 1.29 is 19.1 Å². The second kappa shape index (κ2) is 8.52. The summed E-state index contributed by atoms with van der Waals surface area (Å²) in [7, 11) is 0. The zero-order chi connectivity index (χ0) is 17.7.